The van der Waals surface area contributed by atoms with Crippen molar-refractivity contribution in [2.24, 2.45) is 5.92 Å². The van der Waals surface area contributed by atoms with E-state index < -0.39 is 0 Å². The Balaban J connectivity index is 1.34. The summed E-state index contributed by atoms with van der Waals surface area (Å²) in [7, 11) is 0. The van der Waals surface area contributed by atoms with E-state index in [9.17, 15) is 9.59 Å². The highest BCUT2D eigenvalue weighted by Gasteiger charge is 2.25. The highest BCUT2D eigenvalue weighted by atomic mass is 79.9. The number of carbonyl (C=O) groups is 2. The Kier molecular flexibility index (Phi) is 7.37. The van der Waals surface area contributed by atoms with Crippen molar-refractivity contribution in [2.45, 2.75) is 19.3 Å². The minimum absolute atomic E-state index is 0.0424. The number of carbonyl (C=O) groups excluding carboxylic acids is 2. The lowest BCUT2D eigenvalue weighted by molar-refractivity contribution is -0.126. The van der Waals surface area contributed by atoms with E-state index in [-0.39, 0.29) is 17.7 Å². The molecule has 0 unspecified atom stereocenters. The Labute approximate surface area is 171 Å². The van der Waals surface area contributed by atoms with Crippen LogP contribution in [-0.2, 0) is 16.0 Å². The largest absolute Gasteiger partial charge is 0.355 e. The molecular formula is C19H23BrN4O2S. The maximum Gasteiger partial charge on any atom is 0.239 e. The molecule has 0 saturated carbocycles. The Morgan fingerprint density at radius 2 is 2.07 bits per heavy atom. The predicted molar refractivity (Wildman–Crippen MR) is 111 cm³/mol. The number of nitrogens with zero attached hydrogens (tertiary/aromatic N) is 2. The van der Waals surface area contributed by atoms with Gasteiger partial charge in [-0.3, -0.25) is 14.5 Å². The topological polar surface area (TPSA) is 74.3 Å². The quantitative estimate of drug-likeness (QED) is 0.679. The van der Waals surface area contributed by atoms with Crippen molar-refractivity contribution in [3.05, 3.63) is 45.2 Å². The van der Waals surface area contributed by atoms with Crippen LogP contribution in [0.2, 0.25) is 0 Å². The van der Waals surface area contributed by atoms with Gasteiger partial charge in [-0.15, -0.1) is 11.3 Å². The summed E-state index contributed by atoms with van der Waals surface area (Å²) in [5.74, 6) is 0.641. The number of hydrogen-bond acceptors (Lipinski definition) is 5. The van der Waals surface area contributed by atoms with Crippen LogP contribution in [0.4, 0.5) is 5.82 Å². The molecule has 0 aliphatic carbocycles. The van der Waals surface area contributed by atoms with Gasteiger partial charge in [-0.05, 0) is 71.9 Å². The molecule has 0 radical (unpaired) electrons. The van der Waals surface area contributed by atoms with Crippen molar-refractivity contribution >= 4 is 44.9 Å². The number of hydrogen-bond donors (Lipinski definition) is 2. The van der Waals surface area contributed by atoms with Crippen molar-refractivity contribution in [2.75, 3.05) is 31.5 Å². The van der Waals surface area contributed by atoms with E-state index in [2.05, 4.69) is 47.9 Å². The van der Waals surface area contributed by atoms with Crippen molar-refractivity contribution in [3.63, 3.8) is 0 Å². The van der Waals surface area contributed by atoms with Crippen molar-refractivity contribution in [3.8, 4) is 0 Å². The minimum Gasteiger partial charge on any atom is -0.355 e. The second-order valence-electron chi connectivity index (χ2n) is 6.58. The van der Waals surface area contributed by atoms with Gasteiger partial charge in [0.15, 0.2) is 0 Å². The number of thiophene rings is 1. The molecule has 2 aromatic heterocycles. The molecule has 3 heterocycles. The average molecular weight is 451 g/mol. The summed E-state index contributed by atoms with van der Waals surface area (Å²) in [5.41, 5.74) is 0. The molecule has 0 bridgehead atoms. The molecule has 3 rings (SSSR count). The summed E-state index contributed by atoms with van der Waals surface area (Å²) < 4.78 is 0.872. The number of amides is 2. The standard InChI is InChI=1S/C19H23BrN4O2S/c20-15-3-4-17(22-12-15)23-18(25)13-24-9-6-14(7-10-24)19(26)21-8-5-16-2-1-11-27-16/h1-4,11-12,14H,5-10,13H2,(H,21,26)(H,22,23,25). The molecule has 2 N–H and O–H groups in total. The lowest BCUT2D eigenvalue weighted by Crippen LogP contribution is -2.43. The van der Waals surface area contributed by atoms with Crippen LogP contribution in [0, 0.1) is 5.92 Å². The summed E-state index contributed by atoms with van der Waals surface area (Å²) in [5, 5.41) is 7.89. The summed E-state index contributed by atoms with van der Waals surface area (Å²) in [6.45, 7) is 2.51. The molecule has 1 saturated heterocycles. The molecule has 1 aliphatic heterocycles. The van der Waals surface area contributed by atoms with Crippen LogP contribution < -0.4 is 10.6 Å². The third kappa shape index (κ3) is 6.41. The fourth-order valence-electron chi connectivity index (χ4n) is 3.10. The van der Waals surface area contributed by atoms with Gasteiger partial charge >= 0.3 is 0 Å². The second-order valence-corrected chi connectivity index (χ2v) is 8.53. The van der Waals surface area contributed by atoms with Gasteiger partial charge in [-0.2, -0.15) is 0 Å². The Morgan fingerprint density at radius 1 is 1.26 bits per heavy atom. The lowest BCUT2D eigenvalue weighted by Gasteiger charge is -2.30. The Hall–Kier alpha value is -1.77. The molecule has 27 heavy (non-hydrogen) atoms. The molecular weight excluding hydrogens is 428 g/mol. The van der Waals surface area contributed by atoms with Gasteiger partial charge < -0.3 is 10.6 Å². The number of anilines is 1. The number of rotatable bonds is 7. The van der Waals surface area contributed by atoms with E-state index in [0.717, 1.165) is 36.8 Å². The summed E-state index contributed by atoms with van der Waals surface area (Å²) >= 11 is 5.03. The maximum absolute atomic E-state index is 12.3. The van der Waals surface area contributed by atoms with Crippen LogP contribution >= 0.6 is 27.3 Å². The van der Waals surface area contributed by atoms with Crippen LogP contribution in [0.1, 0.15) is 17.7 Å². The van der Waals surface area contributed by atoms with E-state index in [1.807, 2.05) is 12.1 Å². The fraction of sp³-hybridized carbons (Fsp3) is 0.421. The Bertz CT molecular complexity index is 744. The van der Waals surface area contributed by atoms with E-state index in [0.29, 0.717) is 18.9 Å². The third-order valence-electron chi connectivity index (χ3n) is 4.57. The number of halogens is 1. The van der Waals surface area contributed by atoms with E-state index in [4.69, 9.17) is 0 Å². The normalized spacial score (nSPS) is 15.4. The summed E-state index contributed by atoms with van der Waals surface area (Å²) in [6.07, 6.45) is 4.11. The molecule has 144 valence electrons. The van der Waals surface area contributed by atoms with Gasteiger partial charge in [0, 0.05) is 28.0 Å². The van der Waals surface area contributed by atoms with Crippen LogP contribution in [-0.4, -0.2) is 47.9 Å². The highest BCUT2D eigenvalue weighted by molar-refractivity contribution is 9.10. The number of pyridine rings is 1. The molecule has 2 aromatic rings. The average Bonchev–Trinajstić information content (AvgIpc) is 3.17. The molecule has 0 spiro atoms. The van der Waals surface area contributed by atoms with Gasteiger partial charge in [0.05, 0.1) is 6.54 Å². The van der Waals surface area contributed by atoms with Gasteiger partial charge in [-0.25, -0.2) is 4.98 Å². The number of likely N-dealkylation sites (tertiary alicyclic amines) is 1. The number of piperidine rings is 1. The van der Waals surface area contributed by atoms with Gasteiger partial charge in [0.2, 0.25) is 11.8 Å². The van der Waals surface area contributed by atoms with Crippen molar-refractivity contribution in [1.29, 1.82) is 0 Å². The Morgan fingerprint density at radius 3 is 2.74 bits per heavy atom. The van der Waals surface area contributed by atoms with E-state index in [1.165, 1.54) is 4.88 Å². The molecule has 8 heteroatoms. The van der Waals surface area contributed by atoms with E-state index in [1.54, 1.807) is 23.6 Å². The minimum atomic E-state index is -0.0799. The van der Waals surface area contributed by atoms with Crippen LogP contribution in [0.5, 0.6) is 0 Å². The van der Waals surface area contributed by atoms with Crippen molar-refractivity contribution < 1.29 is 9.59 Å². The number of nitrogens with one attached hydrogen (secondary N) is 2. The third-order valence-corrected chi connectivity index (χ3v) is 5.98. The molecule has 6 nitrogen and oxygen atoms in total. The van der Waals surface area contributed by atoms with Crippen LogP contribution in [0.15, 0.2) is 40.3 Å². The summed E-state index contributed by atoms with van der Waals surface area (Å²) in [4.78, 5) is 32.0. The highest BCUT2D eigenvalue weighted by Crippen LogP contribution is 2.18. The van der Waals surface area contributed by atoms with E-state index >= 15 is 0 Å². The lowest BCUT2D eigenvalue weighted by atomic mass is 9.96. The zero-order chi connectivity index (χ0) is 19.1. The first kappa shape index (κ1) is 20.0. The van der Waals surface area contributed by atoms with Gasteiger partial charge in [-0.1, -0.05) is 6.07 Å². The second kappa shape index (κ2) is 9.96. The predicted octanol–water partition coefficient (Wildman–Crippen LogP) is 2.92. The van der Waals surface area contributed by atoms with Crippen LogP contribution in [0.25, 0.3) is 0 Å². The van der Waals surface area contributed by atoms with Crippen molar-refractivity contribution in [1.82, 2.24) is 15.2 Å². The van der Waals surface area contributed by atoms with Crippen LogP contribution in [0.3, 0.4) is 0 Å². The molecule has 0 aromatic carbocycles. The smallest absolute Gasteiger partial charge is 0.239 e. The first-order valence-electron chi connectivity index (χ1n) is 9.04. The number of aromatic nitrogens is 1. The zero-order valence-corrected chi connectivity index (χ0v) is 17.4. The molecule has 1 fully saturated rings. The SMILES string of the molecule is O=C(CN1CCC(C(=O)NCCc2cccs2)CC1)Nc1ccc(Br)cn1. The molecule has 2 amide bonds. The molecule has 1 aliphatic rings. The first-order valence-corrected chi connectivity index (χ1v) is 10.7. The van der Waals surface area contributed by atoms with Gasteiger partial charge in [0.25, 0.3) is 0 Å². The first-order chi connectivity index (χ1) is 13.1. The fourth-order valence-corrected chi connectivity index (χ4v) is 4.04. The maximum atomic E-state index is 12.3. The monoisotopic (exact) mass is 450 g/mol. The summed E-state index contributed by atoms with van der Waals surface area (Å²) in [6, 6.07) is 7.71. The van der Waals surface area contributed by atoms with Gasteiger partial charge in [0.1, 0.15) is 5.82 Å². The molecule has 0 atom stereocenters. The zero-order valence-electron chi connectivity index (χ0n) is 15.0.